The predicted molar refractivity (Wildman–Crippen MR) is 88.1 cm³/mol. The normalized spacial score (nSPS) is 18.0. The number of thiophene rings is 1. The molecule has 1 saturated heterocycles. The molecule has 1 aliphatic rings. The van der Waals surface area contributed by atoms with Gasteiger partial charge in [0.05, 0.1) is 18.2 Å². The number of anilines is 1. The number of imide groups is 1. The van der Waals surface area contributed by atoms with Gasteiger partial charge in [-0.1, -0.05) is 0 Å². The number of benzene rings is 1. The van der Waals surface area contributed by atoms with E-state index in [1.54, 1.807) is 11.3 Å². The summed E-state index contributed by atoms with van der Waals surface area (Å²) in [6.07, 6.45) is 0.970. The molecule has 0 unspecified atom stereocenters. The van der Waals surface area contributed by atoms with Crippen molar-refractivity contribution in [1.82, 2.24) is 5.32 Å². The van der Waals surface area contributed by atoms with E-state index in [1.807, 2.05) is 5.38 Å². The van der Waals surface area contributed by atoms with Crippen LogP contribution in [0.3, 0.4) is 0 Å². The Morgan fingerprint density at radius 3 is 2.65 bits per heavy atom. The van der Waals surface area contributed by atoms with Gasteiger partial charge in [0.1, 0.15) is 5.82 Å². The SMILES string of the molecule is Cc1ccsc1CCN[C@H]1CC(=O)N(c2ccc(F)cc2)C1=O. The first-order valence-electron chi connectivity index (χ1n) is 7.45. The largest absolute Gasteiger partial charge is 0.305 e. The fraction of sp³-hybridized carbons (Fsp3) is 0.294. The Kier molecular flexibility index (Phi) is 4.54. The summed E-state index contributed by atoms with van der Waals surface area (Å²) in [7, 11) is 0. The van der Waals surface area contributed by atoms with Crippen LogP contribution in [0.2, 0.25) is 0 Å². The quantitative estimate of drug-likeness (QED) is 0.857. The standard InChI is InChI=1S/C17H17FN2O2S/c1-11-7-9-23-15(11)6-8-19-14-10-16(21)20(17(14)22)13-4-2-12(18)3-5-13/h2-5,7,9,14,19H,6,8,10H2,1H3/t14-/m0/s1. The molecule has 6 heteroatoms. The molecule has 0 saturated carbocycles. The number of amides is 2. The van der Waals surface area contributed by atoms with E-state index in [4.69, 9.17) is 0 Å². The first-order chi connectivity index (χ1) is 11.1. The van der Waals surface area contributed by atoms with Gasteiger partial charge in [0.15, 0.2) is 0 Å². The molecule has 0 bridgehead atoms. The second-order valence-electron chi connectivity index (χ2n) is 5.53. The average molecular weight is 332 g/mol. The molecular formula is C17H17FN2O2S. The highest BCUT2D eigenvalue weighted by Crippen LogP contribution is 2.23. The fourth-order valence-corrected chi connectivity index (χ4v) is 3.58. The van der Waals surface area contributed by atoms with E-state index in [0.29, 0.717) is 12.2 Å². The fourth-order valence-electron chi connectivity index (χ4n) is 2.67. The number of hydrogen-bond acceptors (Lipinski definition) is 4. The zero-order chi connectivity index (χ0) is 16.4. The maximum atomic E-state index is 13.0. The summed E-state index contributed by atoms with van der Waals surface area (Å²) in [5.41, 5.74) is 1.67. The van der Waals surface area contributed by atoms with Crippen LogP contribution >= 0.6 is 11.3 Å². The van der Waals surface area contributed by atoms with E-state index in [2.05, 4.69) is 18.3 Å². The Balaban J connectivity index is 1.62. The topological polar surface area (TPSA) is 49.4 Å². The Morgan fingerprint density at radius 1 is 1.26 bits per heavy atom. The van der Waals surface area contributed by atoms with Crippen LogP contribution in [0.5, 0.6) is 0 Å². The van der Waals surface area contributed by atoms with Crippen LogP contribution in [0.25, 0.3) is 0 Å². The van der Waals surface area contributed by atoms with Gasteiger partial charge in [-0.25, -0.2) is 9.29 Å². The maximum absolute atomic E-state index is 13.0. The van der Waals surface area contributed by atoms with Gasteiger partial charge in [0.25, 0.3) is 5.91 Å². The number of carbonyl (C=O) groups is 2. The van der Waals surface area contributed by atoms with Crippen molar-refractivity contribution < 1.29 is 14.0 Å². The molecule has 1 aromatic heterocycles. The third-order valence-electron chi connectivity index (χ3n) is 3.94. The first-order valence-corrected chi connectivity index (χ1v) is 8.33. The van der Waals surface area contributed by atoms with Crippen LogP contribution in [-0.4, -0.2) is 24.4 Å². The van der Waals surface area contributed by atoms with Crippen molar-refractivity contribution in [3.8, 4) is 0 Å². The van der Waals surface area contributed by atoms with Gasteiger partial charge < -0.3 is 5.32 Å². The molecule has 120 valence electrons. The molecule has 2 aromatic rings. The molecule has 1 atom stereocenters. The highest BCUT2D eigenvalue weighted by Gasteiger charge is 2.39. The molecule has 23 heavy (non-hydrogen) atoms. The van der Waals surface area contributed by atoms with Gasteiger partial charge in [0, 0.05) is 11.4 Å². The molecule has 1 aromatic carbocycles. The lowest BCUT2D eigenvalue weighted by Gasteiger charge is -2.15. The van der Waals surface area contributed by atoms with E-state index in [9.17, 15) is 14.0 Å². The molecule has 2 amide bonds. The molecule has 1 aliphatic heterocycles. The lowest BCUT2D eigenvalue weighted by molar-refractivity contribution is -0.121. The number of aryl methyl sites for hydroxylation is 1. The molecule has 1 N–H and O–H groups in total. The van der Waals surface area contributed by atoms with Crippen molar-refractivity contribution >= 4 is 28.8 Å². The highest BCUT2D eigenvalue weighted by molar-refractivity contribution is 7.10. The van der Waals surface area contributed by atoms with Gasteiger partial charge in [0.2, 0.25) is 5.91 Å². The van der Waals surface area contributed by atoms with Crippen LogP contribution in [-0.2, 0) is 16.0 Å². The van der Waals surface area contributed by atoms with E-state index in [-0.39, 0.29) is 18.2 Å². The number of nitrogens with one attached hydrogen (secondary N) is 1. The molecule has 0 aliphatic carbocycles. The lowest BCUT2D eigenvalue weighted by atomic mass is 10.2. The average Bonchev–Trinajstić information content (AvgIpc) is 3.05. The Hall–Kier alpha value is -2.05. The van der Waals surface area contributed by atoms with E-state index in [0.717, 1.165) is 11.3 Å². The van der Waals surface area contributed by atoms with Crippen LogP contribution in [0, 0.1) is 12.7 Å². The lowest BCUT2D eigenvalue weighted by Crippen LogP contribution is -2.39. The maximum Gasteiger partial charge on any atom is 0.251 e. The molecule has 1 fully saturated rings. The molecule has 2 heterocycles. The molecule has 0 radical (unpaired) electrons. The van der Waals surface area contributed by atoms with Crippen molar-refractivity contribution in [3.05, 3.63) is 52.0 Å². The van der Waals surface area contributed by atoms with Crippen molar-refractivity contribution in [1.29, 1.82) is 0 Å². The number of carbonyl (C=O) groups excluding carboxylic acids is 2. The summed E-state index contributed by atoms with van der Waals surface area (Å²) in [5.74, 6) is -0.926. The summed E-state index contributed by atoms with van der Waals surface area (Å²) in [6.45, 7) is 2.70. The monoisotopic (exact) mass is 332 g/mol. The predicted octanol–water partition coefficient (Wildman–Crippen LogP) is 2.66. The third-order valence-corrected chi connectivity index (χ3v) is 5.03. The van der Waals surface area contributed by atoms with Crippen molar-refractivity contribution in [2.24, 2.45) is 0 Å². The number of halogens is 1. The molecule has 4 nitrogen and oxygen atoms in total. The summed E-state index contributed by atoms with van der Waals surface area (Å²) in [6, 6.07) is 6.95. The van der Waals surface area contributed by atoms with E-state index < -0.39 is 11.9 Å². The van der Waals surface area contributed by atoms with Crippen molar-refractivity contribution in [2.75, 3.05) is 11.4 Å². The van der Waals surface area contributed by atoms with E-state index in [1.165, 1.54) is 34.7 Å². The summed E-state index contributed by atoms with van der Waals surface area (Å²) in [5, 5.41) is 5.21. The second-order valence-corrected chi connectivity index (χ2v) is 6.53. The Morgan fingerprint density at radius 2 is 2.00 bits per heavy atom. The summed E-state index contributed by atoms with van der Waals surface area (Å²) in [4.78, 5) is 26.9. The Bertz CT molecular complexity index is 726. The smallest absolute Gasteiger partial charge is 0.251 e. The summed E-state index contributed by atoms with van der Waals surface area (Å²) >= 11 is 1.69. The first kappa shape index (κ1) is 15.8. The van der Waals surface area contributed by atoms with E-state index >= 15 is 0 Å². The number of rotatable bonds is 5. The van der Waals surface area contributed by atoms with Gasteiger partial charge in [-0.05, 0) is 54.6 Å². The summed E-state index contributed by atoms with van der Waals surface area (Å²) < 4.78 is 13.0. The minimum atomic E-state index is -0.507. The zero-order valence-corrected chi connectivity index (χ0v) is 13.5. The third kappa shape index (κ3) is 3.33. The van der Waals surface area contributed by atoms with Gasteiger partial charge in [-0.3, -0.25) is 9.59 Å². The zero-order valence-electron chi connectivity index (χ0n) is 12.7. The van der Waals surface area contributed by atoms with Crippen LogP contribution in [0.4, 0.5) is 10.1 Å². The van der Waals surface area contributed by atoms with Crippen molar-refractivity contribution in [2.45, 2.75) is 25.8 Å². The molecule has 3 rings (SSSR count). The number of hydrogen-bond donors (Lipinski definition) is 1. The van der Waals surface area contributed by atoms with Crippen molar-refractivity contribution in [3.63, 3.8) is 0 Å². The number of nitrogens with zero attached hydrogens (tertiary/aromatic N) is 1. The van der Waals surface area contributed by atoms with Crippen LogP contribution in [0.15, 0.2) is 35.7 Å². The van der Waals surface area contributed by atoms with Crippen LogP contribution in [0.1, 0.15) is 16.9 Å². The Labute approximate surface area is 137 Å². The minimum absolute atomic E-state index is 0.139. The highest BCUT2D eigenvalue weighted by atomic mass is 32.1. The minimum Gasteiger partial charge on any atom is -0.305 e. The van der Waals surface area contributed by atoms with Gasteiger partial charge in [-0.15, -0.1) is 11.3 Å². The second kappa shape index (κ2) is 6.60. The van der Waals surface area contributed by atoms with Crippen LogP contribution < -0.4 is 10.2 Å². The van der Waals surface area contributed by atoms with Gasteiger partial charge in [-0.2, -0.15) is 0 Å². The molecular weight excluding hydrogens is 315 g/mol. The molecule has 0 spiro atoms. The van der Waals surface area contributed by atoms with Gasteiger partial charge >= 0.3 is 0 Å².